The van der Waals surface area contributed by atoms with E-state index in [9.17, 15) is 10.2 Å². The molecule has 0 saturated carbocycles. The van der Waals surface area contributed by atoms with Crippen LogP contribution in [-0.4, -0.2) is 16.3 Å². The van der Waals surface area contributed by atoms with E-state index in [1.54, 1.807) is 43.3 Å². The standard InChI is InChI=1S/C11H13ClO2/c1-2-3-10(13)11(14)8-4-6-9(12)7-5-8/h2-7,10-11,13-14H,1H3. The molecule has 2 N–H and O–H groups in total. The van der Waals surface area contributed by atoms with Gasteiger partial charge < -0.3 is 10.2 Å². The maximum atomic E-state index is 9.67. The van der Waals surface area contributed by atoms with Crippen LogP contribution in [0.1, 0.15) is 18.6 Å². The Morgan fingerprint density at radius 3 is 2.29 bits per heavy atom. The second kappa shape index (κ2) is 5.15. The van der Waals surface area contributed by atoms with Crippen LogP contribution in [0.25, 0.3) is 0 Å². The Hall–Kier alpha value is -0.830. The molecule has 0 aliphatic heterocycles. The van der Waals surface area contributed by atoms with Gasteiger partial charge in [0, 0.05) is 5.02 Å². The van der Waals surface area contributed by atoms with Crippen molar-refractivity contribution >= 4 is 11.6 Å². The first kappa shape index (κ1) is 11.2. The third-order valence-electron chi connectivity index (χ3n) is 1.92. The molecule has 2 unspecified atom stereocenters. The molecule has 1 aromatic rings. The van der Waals surface area contributed by atoms with Crippen LogP contribution in [0.2, 0.25) is 5.02 Å². The molecular weight excluding hydrogens is 200 g/mol. The number of allylic oxidation sites excluding steroid dienone is 1. The van der Waals surface area contributed by atoms with E-state index in [2.05, 4.69) is 0 Å². The maximum absolute atomic E-state index is 9.67. The fourth-order valence-corrected chi connectivity index (χ4v) is 1.29. The summed E-state index contributed by atoms with van der Waals surface area (Å²) in [6.45, 7) is 1.79. The lowest BCUT2D eigenvalue weighted by molar-refractivity contribution is 0.0482. The first-order chi connectivity index (χ1) is 6.65. The highest BCUT2D eigenvalue weighted by Crippen LogP contribution is 2.19. The average Bonchev–Trinajstić information content (AvgIpc) is 2.18. The zero-order chi connectivity index (χ0) is 10.6. The van der Waals surface area contributed by atoms with Gasteiger partial charge in [0.2, 0.25) is 0 Å². The molecule has 1 aromatic carbocycles. The monoisotopic (exact) mass is 212 g/mol. The Labute approximate surface area is 88.5 Å². The molecule has 0 bridgehead atoms. The van der Waals surface area contributed by atoms with Gasteiger partial charge in [-0.1, -0.05) is 35.9 Å². The van der Waals surface area contributed by atoms with E-state index in [0.29, 0.717) is 10.6 Å². The molecule has 3 heteroatoms. The fourth-order valence-electron chi connectivity index (χ4n) is 1.16. The summed E-state index contributed by atoms with van der Waals surface area (Å²) in [6.07, 6.45) is 1.47. The summed E-state index contributed by atoms with van der Waals surface area (Å²) in [5.74, 6) is 0. The highest BCUT2D eigenvalue weighted by Gasteiger charge is 2.14. The van der Waals surface area contributed by atoms with Crippen molar-refractivity contribution in [2.45, 2.75) is 19.1 Å². The van der Waals surface area contributed by atoms with Gasteiger partial charge in [-0.15, -0.1) is 0 Å². The Kier molecular flexibility index (Phi) is 4.14. The molecule has 1 rings (SSSR count). The predicted molar refractivity (Wildman–Crippen MR) is 57.2 cm³/mol. The molecule has 0 aromatic heterocycles. The summed E-state index contributed by atoms with van der Waals surface area (Å²) in [6, 6.07) is 6.75. The molecule has 0 spiro atoms. The number of rotatable bonds is 3. The van der Waals surface area contributed by atoms with Gasteiger partial charge >= 0.3 is 0 Å². The topological polar surface area (TPSA) is 40.5 Å². The van der Waals surface area contributed by atoms with Crippen LogP contribution in [0.4, 0.5) is 0 Å². The second-order valence-electron chi connectivity index (χ2n) is 3.01. The van der Waals surface area contributed by atoms with Gasteiger partial charge in [-0.2, -0.15) is 0 Å². The number of halogens is 1. The van der Waals surface area contributed by atoms with Crippen molar-refractivity contribution < 1.29 is 10.2 Å². The van der Waals surface area contributed by atoms with Crippen molar-refractivity contribution in [3.63, 3.8) is 0 Å². The maximum Gasteiger partial charge on any atom is 0.108 e. The molecule has 0 saturated heterocycles. The summed E-state index contributed by atoms with van der Waals surface area (Å²) >= 11 is 5.70. The Morgan fingerprint density at radius 2 is 1.79 bits per heavy atom. The zero-order valence-electron chi connectivity index (χ0n) is 7.89. The van der Waals surface area contributed by atoms with Crippen LogP contribution >= 0.6 is 11.6 Å². The Bertz CT molecular complexity index is 306. The fraction of sp³-hybridized carbons (Fsp3) is 0.273. The minimum absolute atomic E-state index is 0.612. The normalized spacial score (nSPS) is 15.7. The number of hydrogen-bond acceptors (Lipinski definition) is 2. The first-order valence-electron chi connectivity index (χ1n) is 4.39. The van der Waals surface area contributed by atoms with Crippen molar-refractivity contribution in [2.24, 2.45) is 0 Å². The number of hydrogen-bond donors (Lipinski definition) is 2. The summed E-state index contributed by atoms with van der Waals surface area (Å²) in [4.78, 5) is 0. The van der Waals surface area contributed by atoms with Crippen LogP contribution < -0.4 is 0 Å². The minimum atomic E-state index is -0.900. The van der Waals surface area contributed by atoms with Gasteiger partial charge in [-0.05, 0) is 24.6 Å². The highest BCUT2D eigenvalue weighted by atomic mass is 35.5. The molecule has 0 radical (unpaired) electrons. The summed E-state index contributed by atoms with van der Waals surface area (Å²) in [5, 5.41) is 19.7. The number of aliphatic hydroxyl groups is 2. The van der Waals surface area contributed by atoms with Gasteiger partial charge in [0.25, 0.3) is 0 Å². The molecule has 0 heterocycles. The summed E-state index contributed by atoms with van der Waals surface area (Å²) < 4.78 is 0. The molecule has 14 heavy (non-hydrogen) atoms. The zero-order valence-corrected chi connectivity index (χ0v) is 8.65. The second-order valence-corrected chi connectivity index (χ2v) is 3.45. The van der Waals surface area contributed by atoms with Crippen molar-refractivity contribution in [1.29, 1.82) is 0 Å². The molecule has 76 valence electrons. The van der Waals surface area contributed by atoms with E-state index in [-0.39, 0.29) is 0 Å². The number of aliphatic hydroxyl groups excluding tert-OH is 2. The van der Waals surface area contributed by atoms with Gasteiger partial charge in [0.05, 0.1) is 0 Å². The molecule has 0 aliphatic rings. The SMILES string of the molecule is CC=CC(O)C(O)c1ccc(Cl)cc1. The lowest BCUT2D eigenvalue weighted by Crippen LogP contribution is -2.15. The summed E-state index contributed by atoms with van der Waals surface area (Å²) in [5.41, 5.74) is 0.653. The number of benzene rings is 1. The van der Waals surface area contributed by atoms with E-state index in [0.717, 1.165) is 0 Å². The Morgan fingerprint density at radius 1 is 1.21 bits per heavy atom. The van der Waals surface area contributed by atoms with Gasteiger partial charge in [-0.25, -0.2) is 0 Å². The summed E-state index contributed by atoms with van der Waals surface area (Å²) in [7, 11) is 0. The van der Waals surface area contributed by atoms with Crippen LogP contribution in [0.3, 0.4) is 0 Å². The van der Waals surface area contributed by atoms with Crippen LogP contribution in [0, 0.1) is 0 Å². The van der Waals surface area contributed by atoms with Gasteiger partial charge in [-0.3, -0.25) is 0 Å². The van der Waals surface area contributed by atoms with E-state index < -0.39 is 12.2 Å². The largest absolute Gasteiger partial charge is 0.386 e. The van der Waals surface area contributed by atoms with Gasteiger partial charge in [0.15, 0.2) is 0 Å². The van der Waals surface area contributed by atoms with E-state index >= 15 is 0 Å². The van der Waals surface area contributed by atoms with E-state index in [4.69, 9.17) is 11.6 Å². The van der Waals surface area contributed by atoms with E-state index in [1.165, 1.54) is 0 Å². The molecule has 2 nitrogen and oxygen atoms in total. The van der Waals surface area contributed by atoms with Gasteiger partial charge in [0.1, 0.15) is 12.2 Å². The quantitative estimate of drug-likeness (QED) is 0.755. The van der Waals surface area contributed by atoms with Crippen molar-refractivity contribution in [1.82, 2.24) is 0 Å². The minimum Gasteiger partial charge on any atom is -0.386 e. The van der Waals surface area contributed by atoms with E-state index in [1.807, 2.05) is 0 Å². The van der Waals surface area contributed by atoms with Crippen LogP contribution in [0.15, 0.2) is 36.4 Å². The molecule has 0 aliphatic carbocycles. The predicted octanol–water partition coefficient (Wildman–Crippen LogP) is 2.31. The molecular formula is C11H13ClO2. The first-order valence-corrected chi connectivity index (χ1v) is 4.77. The van der Waals surface area contributed by atoms with Crippen LogP contribution in [0.5, 0.6) is 0 Å². The third-order valence-corrected chi connectivity index (χ3v) is 2.18. The van der Waals surface area contributed by atoms with Crippen molar-refractivity contribution in [3.05, 3.63) is 47.0 Å². The molecule has 2 atom stereocenters. The lowest BCUT2D eigenvalue weighted by Gasteiger charge is -2.14. The molecule has 0 fully saturated rings. The lowest BCUT2D eigenvalue weighted by atomic mass is 10.0. The Balaban J connectivity index is 2.78. The van der Waals surface area contributed by atoms with Crippen LogP contribution in [-0.2, 0) is 0 Å². The highest BCUT2D eigenvalue weighted by molar-refractivity contribution is 6.30. The van der Waals surface area contributed by atoms with Crippen molar-refractivity contribution in [2.75, 3.05) is 0 Å². The third kappa shape index (κ3) is 2.84. The van der Waals surface area contributed by atoms with Crippen molar-refractivity contribution in [3.8, 4) is 0 Å². The smallest absolute Gasteiger partial charge is 0.108 e. The average molecular weight is 213 g/mol. The molecule has 0 amide bonds.